The average molecular weight is 392 g/mol. The van der Waals surface area contributed by atoms with Crippen LogP contribution in [-0.2, 0) is 6.54 Å². The Morgan fingerprint density at radius 3 is 2.30 bits per heavy atom. The fourth-order valence-corrected chi connectivity index (χ4v) is 2.36. The highest BCUT2D eigenvalue weighted by Crippen LogP contribution is 2.27. The third-order valence-electron chi connectivity index (χ3n) is 3.46. The molecule has 0 saturated carbocycles. The number of nitrogens with zero attached hydrogens (tertiary/aromatic N) is 2. The van der Waals surface area contributed by atoms with Gasteiger partial charge in [-0.3, -0.25) is 4.57 Å². The number of hydrogen-bond donors (Lipinski definition) is 0. The quantitative estimate of drug-likeness (QED) is 0.626. The molecular formula is C16H10F6N2O3. The van der Waals surface area contributed by atoms with Crippen LogP contribution >= 0.6 is 0 Å². The minimum Gasteiger partial charge on any atom is -0.468 e. The Bertz CT molecular complexity index is 1000. The van der Waals surface area contributed by atoms with Crippen molar-refractivity contribution in [3.63, 3.8) is 0 Å². The summed E-state index contributed by atoms with van der Waals surface area (Å²) in [5.74, 6) is -1.40. The van der Waals surface area contributed by atoms with Gasteiger partial charge in [-0.1, -0.05) is 6.07 Å². The third kappa shape index (κ3) is 4.60. The van der Waals surface area contributed by atoms with Crippen molar-refractivity contribution >= 4 is 11.1 Å². The zero-order valence-electron chi connectivity index (χ0n) is 13.3. The van der Waals surface area contributed by atoms with E-state index in [0.717, 1.165) is 0 Å². The zero-order chi connectivity index (χ0) is 19.8. The fraction of sp³-hybridized carbons (Fsp3) is 0.250. The Kier molecular flexibility index (Phi) is 4.62. The number of benzene rings is 1. The fourth-order valence-electron chi connectivity index (χ4n) is 2.36. The zero-order valence-corrected chi connectivity index (χ0v) is 13.3. The molecule has 0 N–H and O–H groups in total. The van der Waals surface area contributed by atoms with E-state index in [2.05, 4.69) is 9.72 Å². The summed E-state index contributed by atoms with van der Waals surface area (Å²) in [6.45, 7) is -3.01. The highest BCUT2D eigenvalue weighted by molar-refractivity contribution is 5.80. The number of rotatable bonds is 4. The highest BCUT2D eigenvalue weighted by Gasteiger charge is 2.30. The third-order valence-corrected chi connectivity index (χ3v) is 3.46. The van der Waals surface area contributed by atoms with E-state index in [9.17, 15) is 31.1 Å². The summed E-state index contributed by atoms with van der Waals surface area (Å²) >= 11 is 0. The van der Waals surface area contributed by atoms with Gasteiger partial charge in [-0.05, 0) is 23.8 Å². The number of pyridine rings is 1. The van der Waals surface area contributed by atoms with Crippen molar-refractivity contribution in [3.05, 3.63) is 47.1 Å². The number of oxazole rings is 1. The van der Waals surface area contributed by atoms with Crippen molar-refractivity contribution in [1.82, 2.24) is 9.55 Å². The Balaban J connectivity index is 1.91. The first-order chi connectivity index (χ1) is 12.5. The number of halogens is 6. The van der Waals surface area contributed by atoms with E-state index in [1.165, 1.54) is 36.5 Å². The van der Waals surface area contributed by atoms with Crippen molar-refractivity contribution in [2.45, 2.75) is 18.9 Å². The summed E-state index contributed by atoms with van der Waals surface area (Å²) in [6, 6.07) is 6.71. The largest absolute Gasteiger partial charge is 0.468 e. The van der Waals surface area contributed by atoms with Crippen LogP contribution in [0.25, 0.3) is 22.2 Å². The summed E-state index contributed by atoms with van der Waals surface area (Å²) in [4.78, 5) is 15.4. The molecule has 27 heavy (non-hydrogen) atoms. The van der Waals surface area contributed by atoms with Crippen molar-refractivity contribution in [2.24, 2.45) is 0 Å². The molecule has 0 fully saturated rings. The van der Waals surface area contributed by atoms with Crippen molar-refractivity contribution < 1.29 is 35.5 Å². The number of fused-ring (bicyclic) bond motifs is 1. The average Bonchev–Trinajstić information content (AvgIpc) is 2.86. The van der Waals surface area contributed by atoms with Gasteiger partial charge in [-0.25, -0.2) is 9.78 Å². The molecular weight excluding hydrogens is 382 g/mol. The number of hydrogen-bond acceptors (Lipinski definition) is 4. The maximum Gasteiger partial charge on any atom is 0.422 e. The minimum atomic E-state index is -4.62. The molecule has 0 aliphatic rings. The van der Waals surface area contributed by atoms with Crippen LogP contribution in [0.1, 0.15) is 0 Å². The molecule has 0 atom stereocenters. The van der Waals surface area contributed by atoms with Gasteiger partial charge >= 0.3 is 18.1 Å². The topological polar surface area (TPSA) is 57.3 Å². The number of aromatic nitrogens is 2. The predicted octanol–water partition coefficient (Wildman–Crippen LogP) is 4.16. The molecule has 2 aromatic heterocycles. The summed E-state index contributed by atoms with van der Waals surface area (Å²) in [6.07, 6.45) is -7.91. The molecule has 0 spiro atoms. The van der Waals surface area contributed by atoms with E-state index in [1.54, 1.807) is 0 Å². The Morgan fingerprint density at radius 1 is 1.00 bits per heavy atom. The molecule has 0 unspecified atom stereocenters. The maximum absolute atomic E-state index is 12.6. The lowest BCUT2D eigenvalue weighted by Crippen LogP contribution is -2.24. The van der Waals surface area contributed by atoms with E-state index in [1.807, 2.05) is 0 Å². The molecule has 2 heterocycles. The van der Waals surface area contributed by atoms with Crippen LogP contribution in [0.4, 0.5) is 26.3 Å². The first kappa shape index (κ1) is 18.8. The molecule has 0 radical (unpaired) electrons. The smallest absolute Gasteiger partial charge is 0.422 e. The van der Waals surface area contributed by atoms with Gasteiger partial charge in [0.25, 0.3) is 0 Å². The summed E-state index contributed by atoms with van der Waals surface area (Å²) in [7, 11) is 0. The molecule has 3 rings (SSSR count). The van der Waals surface area contributed by atoms with E-state index < -0.39 is 31.3 Å². The van der Waals surface area contributed by atoms with Crippen LogP contribution in [-0.4, -0.2) is 28.5 Å². The van der Waals surface area contributed by atoms with Crippen LogP contribution in [0.5, 0.6) is 5.88 Å². The number of ether oxygens (including phenoxy) is 1. The van der Waals surface area contributed by atoms with Gasteiger partial charge < -0.3 is 9.15 Å². The van der Waals surface area contributed by atoms with Crippen LogP contribution in [0.15, 0.2) is 45.7 Å². The minimum absolute atomic E-state index is 0.0221. The summed E-state index contributed by atoms with van der Waals surface area (Å²) in [5.41, 5.74) is 0.718. The Morgan fingerprint density at radius 2 is 1.70 bits per heavy atom. The molecule has 0 aliphatic heterocycles. The van der Waals surface area contributed by atoms with Crippen molar-refractivity contribution in [1.29, 1.82) is 0 Å². The van der Waals surface area contributed by atoms with Crippen LogP contribution in [0, 0.1) is 0 Å². The molecule has 11 heteroatoms. The molecule has 144 valence electrons. The Labute approximate surface area is 146 Å². The molecule has 3 aromatic rings. The van der Waals surface area contributed by atoms with Gasteiger partial charge in [-0.2, -0.15) is 26.3 Å². The van der Waals surface area contributed by atoms with Crippen molar-refractivity contribution in [3.8, 4) is 17.0 Å². The highest BCUT2D eigenvalue weighted by atomic mass is 19.4. The molecule has 1 aromatic carbocycles. The maximum atomic E-state index is 12.6. The Hall–Kier alpha value is -2.98. The SMILES string of the molecule is O=c1oc2ccc(-c3ccc(OCC(F)(F)F)nc3)cc2n1CC(F)(F)F. The normalized spacial score (nSPS) is 12.5. The second-order valence-corrected chi connectivity index (χ2v) is 5.54. The molecule has 0 aliphatic carbocycles. The van der Waals surface area contributed by atoms with Crippen LogP contribution in [0.2, 0.25) is 0 Å². The summed E-state index contributed by atoms with van der Waals surface area (Å²) in [5, 5.41) is 0. The standard InChI is InChI=1S/C16H10F6N2O3/c17-15(18,19)7-24-11-5-9(1-3-12(11)27-14(24)25)10-2-4-13(23-6-10)26-8-16(20,21)22/h1-6H,7-8H2. The lowest BCUT2D eigenvalue weighted by atomic mass is 10.1. The van der Waals surface area contributed by atoms with Gasteiger partial charge in [0.05, 0.1) is 5.52 Å². The lowest BCUT2D eigenvalue weighted by Gasteiger charge is -2.09. The molecule has 5 nitrogen and oxygen atoms in total. The van der Waals surface area contributed by atoms with Gasteiger partial charge in [0.1, 0.15) is 6.54 Å². The van der Waals surface area contributed by atoms with Gasteiger partial charge in [0, 0.05) is 17.8 Å². The van der Waals surface area contributed by atoms with Crippen LogP contribution in [0.3, 0.4) is 0 Å². The molecule has 0 saturated heterocycles. The van der Waals surface area contributed by atoms with Crippen molar-refractivity contribution in [2.75, 3.05) is 6.61 Å². The van der Waals surface area contributed by atoms with Gasteiger partial charge in [-0.15, -0.1) is 0 Å². The monoisotopic (exact) mass is 392 g/mol. The van der Waals surface area contributed by atoms with E-state index >= 15 is 0 Å². The van der Waals surface area contributed by atoms with Gasteiger partial charge in [0.2, 0.25) is 5.88 Å². The predicted molar refractivity (Wildman–Crippen MR) is 81.3 cm³/mol. The van der Waals surface area contributed by atoms with Gasteiger partial charge in [0.15, 0.2) is 12.2 Å². The van der Waals surface area contributed by atoms with E-state index in [4.69, 9.17) is 4.42 Å². The second-order valence-electron chi connectivity index (χ2n) is 5.54. The van der Waals surface area contributed by atoms with E-state index in [0.29, 0.717) is 15.7 Å². The number of alkyl halides is 6. The first-order valence-electron chi connectivity index (χ1n) is 7.38. The molecule has 0 amide bonds. The van der Waals surface area contributed by atoms with E-state index in [-0.39, 0.29) is 17.0 Å². The first-order valence-corrected chi connectivity index (χ1v) is 7.38. The molecule has 0 bridgehead atoms. The lowest BCUT2D eigenvalue weighted by molar-refractivity contribution is -0.154. The second kappa shape index (κ2) is 6.63. The van der Waals surface area contributed by atoms with Crippen LogP contribution < -0.4 is 10.5 Å². The summed E-state index contributed by atoms with van der Waals surface area (Å²) < 4.78 is 84.0.